The molecule has 8 heteroatoms. The molecule has 0 radical (unpaired) electrons. The highest BCUT2D eigenvalue weighted by molar-refractivity contribution is 6.07. The number of imide groups is 1. The molecule has 0 unspecified atom stereocenters. The molecule has 1 aromatic rings. The minimum Gasteiger partial charge on any atom is -0.493 e. The van der Waals surface area contributed by atoms with Crippen LogP contribution in [-0.2, 0) is 9.59 Å². The zero-order chi connectivity index (χ0) is 18.6. The molecule has 1 heterocycles. The van der Waals surface area contributed by atoms with Crippen LogP contribution in [0.15, 0.2) is 18.2 Å². The molecular formula is C17H23N3O5. The molecule has 1 aromatic carbocycles. The van der Waals surface area contributed by atoms with Gasteiger partial charge in [0.2, 0.25) is 5.91 Å². The summed E-state index contributed by atoms with van der Waals surface area (Å²) >= 11 is 0. The zero-order valence-corrected chi connectivity index (χ0v) is 14.8. The van der Waals surface area contributed by atoms with Crippen molar-refractivity contribution in [3.63, 3.8) is 0 Å². The van der Waals surface area contributed by atoms with E-state index in [-0.39, 0.29) is 18.4 Å². The third-order valence-electron chi connectivity index (χ3n) is 3.78. The summed E-state index contributed by atoms with van der Waals surface area (Å²) < 4.78 is 10.3. The first-order chi connectivity index (χ1) is 11.8. The van der Waals surface area contributed by atoms with Crippen LogP contribution >= 0.6 is 0 Å². The number of ether oxygens (including phenoxy) is 2. The fraction of sp³-hybridized carbons (Fsp3) is 0.471. The molecule has 136 valence electrons. The van der Waals surface area contributed by atoms with Gasteiger partial charge in [0.25, 0.3) is 5.91 Å². The van der Waals surface area contributed by atoms with E-state index in [2.05, 4.69) is 10.6 Å². The molecule has 1 atom stereocenters. The van der Waals surface area contributed by atoms with E-state index in [1.165, 1.54) is 14.2 Å². The average Bonchev–Trinajstić information content (AvgIpc) is 2.81. The maximum atomic E-state index is 12.2. The maximum Gasteiger partial charge on any atom is 0.325 e. The highest BCUT2D eigenvalue weighted by atomic mass is 16.5. The van der Waals surface area contributed by atoms with Crippen molar-refractivity contribution in [2.45, 2.75) is 26.3 Å². The van der Waals surface area contributed by atoms with Gasteiger partial charge in [0, 0.05) is 11.8 Å². The summed E-state index contributed by atoms with van der Waals surface area (Å²) in [5.41, 5.74) is 0.480. The minimum atomic E-state index is -0.568. The predicted molar refractivity (Wildman–Crippen MR) is 91.7 cm³/mol. The number of urea groups is 1. The average molecular weight is 349 g/mol. The van der Waals surface area contributed by atoms with Crippen molar-refractivity contribution >= 4 is 23.5 Å². The molecule has 8 nitrogen and oxygen atoms in total. The third kappa shape index (κ3) is 4.40. The Morgan fingerprint density at radius 2 is 1.92 bits per heavy atom. The summed E-state index contributed by atoms with van der Waals surface area (Å²) in [6, 6.07) is 3.79. The van der Waals surface area contributed by atoms with E-state index in [1.54, 1.807) is 18.2 Å². The van der Waals surface area contributed by atoms with E-state index in [0.717, 1.165) is 4.90 Å². The lowest BCUT2D eigenvalue weighted by atomic mass is 10.0. The number of methoxy groups -OCH3 is 2. The van der Waals surface area contributed by atoms with Crippen molar-refractivity contribution in [1.29, 1.82) is 0 Å². The summed E-state index contributed by atoms with van der Waals surface area (Å²) in [5.74, 6) is 0.412. The fourth-order valence-corrected chi connectivity index (χ4v) is 2.62. The van der Waals surface area contributed by atoms with Gasteiger partial charge < -0.3 is 20.1 Å². The molecule has 1 fully saturated rings. The van der Waals surface area contributed by atoms with E-state index in [4.69, 9.17) is 9.47 Å². The minimum absolute atomic E-state index is 0.259. The second-order valence-electron chi connectivity index (χ2n) is 6.17. The number of carbonyl (C=O) groups is 3. The van der Waals surface area contributed by atoms with Crippen LogP contribution in [0.1, 0.15) is 20.3 Å². The number of benzene rings is 1. The van der Waals surface area contributed by atoms with Crippen LogP contribution in [0.4, 0.5) is 10.5 Å². The Hall–Kier alpha value is -2.77. The quantitative estimate of drug-likeness (QED) is 0.729. The molecule has 25 heavy (non-hydrogen) atoms. The van der Waals surface area contributed by atoms with Crippen molar-refractivity contribution in [3.8, 4) is 11.5 Å². The van der Waals surface area contributed by atoms with Gasteiger partial charge in [-0.05, 0) is 24.5 Å². The van der Waals surface area contributed by atoms with Crippen molar-refractivity contribution in [2.75, 3.05) is 26.1 Å². The standard InChI is InChI=1S/C17H23N3O5/c1-10(2)7-12-16(22)20(17(23)19-12)9-15(21)18-11-5-6-13(24-3)14(8-11)25-4/h5-6,8,10,12H,7,9H2,1-4H3,(H,18,21)(H,19,23)/t12-/m1/s1. The molecule has 4 amide bonds. The van der Waals surface area contributed by atoms with Gasteiger partial charge in [0.15, 0.2) is 11.5 Å². The van der Waals surface area contributed by atoms with Crippen LogP contribution in [-0.4, -0.2) is 49.6 Å². The lowest BCUT2D eigenvalue weighted by Gasteiger charge is -2.14. The van der Waals surface area contributed by atoms with E-state index in [9.17, 15) is 14.4 Å². The summed E-state index contributed by atoms with van der Waals surface area (Å²) in [7, 11) is 3.01. The van der Waals surface area contributed by atoms with Gasteiger partial charge in [-0.2, -0.15) is 0 Å². The van der Waals surface area contributed by atoms with Crippen LogP contribution in [0, 0.1) is 5.92 Å². The first-order valence-electron chi connectivity index (χ1n) is 7.99. The number of nitrogens with one attached hydrogen (secondary N) is 2. The largest absolute Gasteiger partial charge is 0.493 e. The number of hydrogen-bond acceptors (Lipinski definition) is 5. The van der Waals surface area contributed by atoms with E-state index < -0.39 is 18.0 Å². The molecule has 0 spiro atoms. The lowest BCUT2D eigenvalue weighted by Crippen LogP contribution is -2.38. The molecule has 1 saturated heterocycles. The second kappa shape index (κ2) is 7.87. The van der Waals surface area contributed by atoms with E-state index in [1.807, 2.05) is 13.8 Å². The van der Waals surface area contributed by atoms with Crippen molar-refractivity contribution < 1.29 is 23.9 Å². The Kier molecular flexibility index (Phi) is 5.84. The number of anilines is 1. The van der Waals surface area contributed by atoms with E-state index >= 15 is 0 Å². The van der Waals surface area contributed by atoms with Gasteiger partial charge in [-0.3, -0.25) is 14.5 Å². The summed E-state index contributed by atoms with van der Waals surface area (Å²) in [6.07, 6.45) is 0.540. The molecule has 1 aliphatic rings. The Balaban J connectivity index is 2.00. The van der Waals surface area contributed by atoms with Gasteiger partial charge in [-0.25, -0.2) is 4.79 Å². The second-order valence-corrected chi connectivity index (χ2v) is 6.17. The lowest BCUT2D eigenvalue weighted by molar-refractivity contribution is -0.131. The van der Waals surface area contributed by atoms with Gasteiger partial charge in [0.1, 0.15) is 12.6 Å². The topological polar surface area (TPSA) is 97.0 Å². The van der Waals surface area contributed by atoms with Gasteiger partial charge in [-0.1, -0.05) is 13.8 Å². The first-order valence-corrected chi connectivity index (χ1v) is 7.99. The zero-order valence-electron chi connectivity index (χ0n) is 14.8. The summed E-state index contributed by atoms with van der Waals surface area (Å²) in [6.45, 7) is 3.59. The van der Waals surface area contributed by atoms with Gasteiger partial charge in [-0.15, -0.1) is 0 Å². The Labute approximate surface area is 146 Å². The fourth-order valence-electron chi connectivity index (χ4n) is 2.62. The van der Waals surface area contributed by atoms with Crippen molar-refractivity contribution in [2.24, 2.45) is 5.92 Å². The molecule has 0 aromatic heterocycles. The Bertz CT molecular complexity index is 674. The van der Waals surface area contributed by atoms with Gasteiger partial charge in [0.05, 0.1) is 14.2 Å². The van der Waals surface area contributed by atoms with Crippen LogP contribution < -0.4 is 20.1 Å². The van der Waals surface area contributed by atoms with Crippen molar-refractivity contribution in [3.05, 3.63) is 18.2 Å². The van der Waals surface area contributed by atoms with Crippen molar-refractivity contribution in [1.82, 2.24) is 10.2 Å². The summed E-state index contributed by atoms with van der Waals surface area (Å²) in [4.78, 5) is 37.3. The molecule has 1 aliphatic heterocycles. The molecule has 0 aliphatic carbocycles. The van der Waals surface area contributed by atoms with Crippen LogP contribution in [0.2, 0.25) is 0 Å². The monoisotopic (exact) mass is 349 g/mol. The number of carbonyl (C=O) groups excluding carboxylic acids is 3. The number of nitrogens with zero attached hydrogens (tertiary/aromatic N) is 1. The van der Waals surface area contributed by atoms with Crippen LogP contribution in [0.25, 0.3) is 0 Å². The van der Waals surface area contributed by atoms with Crippen LogP contribution in [0.5, 0.6) is 11.5 Å². The maximum absolute atomic E-state index is 12.2. The normalized spacial score (nSPS) is 16.8. The third-order valence-corrected chi connectivity index (χ3v) is 3.78. The van der Waals surface area contributed by atoms with Gasteiger partial charge >= 0.3 is 6.03 Å². The first kappa shape index (κ1) is 18.6. The molecule has 0 saturated carbocycles. The number of amides is 4. The smallest absolute Gasteiger partial charge is 0.325 e. The predicted octanol–water partition coefficient (Wildman–Crippen LogP) is 1.61. The Morgan fingerprint density at radius 1 is 1.24 bits per heavy atom. The highest BCUT2D eigenvalue weighted by Gasteiger charge is 2.38. The number of hydrogen-bond donors (Lipinski definition) is 2. The number of rotatable bonds is 7. The molecular weight excluding hydrogens is 326 g/mol. The SMILES string of the molecule is COc1ccc(NC(=O)CN2C(=O)N[C@H](CC(C)C)C2=O)cc1OC. The molecule has 2 N–H and O–H groups in total. The van der Waals surface area contributed by atoms with Crippen LogP contribution in [0.3, 0.4) is 0 Å². The van der Waals surface area contributed by atoms with E-state index in [0.29, 0.717) is 23.6 Å². The highest BCUT2D eigenvalue weighted by Crippen LogP contribution is 2.29. The Morgan fingerprint density at radius 3 is 2.52 bits per heavy atom. The molecule has 2 rings (SSSR count). The summed E-state index contributed by atoms with van der Waals surface area (Å²) in [5, 5.41) is 5.25. The molecule has 0 bridgehead atoms.